The molecule has 2 N–H and O–H groups in total. The van der Waals surface area contributed by atoms with Crippen LogP contribution in [0.25, 0.3) is 11.1 Å². The molecule has 11 nitrogen and oxygen atoms in total. The summed E-state index contributed by atoms with van der Waals surface area (Å²) < 4.78 is 16.3. The van der Waals surface area contributed by atoms with Crippen molar-refractivity contribution in [2.75, 3.05) is 19.8 Å². The van der Waals surface area contributed by atoms with Crippen LogP contribution in [0.5, 0.6) is 5.75 Å². The molecule has 11 heteroatoms. The average Bonchev–Trinajstić information content (AvgIpc) is 3.32. The molecule has 0 radical (unpaired) electrons. The zero-order chi connectivity index (χ0) is 30.1. The number of nitro groups is 1. The van der Waals surface area contributed by atoms with Crippen LogP contribution in [0.4, 0.5) is 15.3 Å². The van der Waals surface area contributed by atoms with E-state index in [0.29, 0.717) is 24.3 Å². The summed E-state index contributed by atoms with van der Waals surface area (Å²) in [5.74, 6) is -1.21. The molecule has 218 valence electrons. The van der Waals surface area contributed by atoms with Crippen molar-refractivity contribution in [3.8, 4) is 16.9 Å². The highest BCUT2D eigenvalue weighted by atomic mass is 16.6. The van der Waals surface area contributed by atoms with Crippen molar-refractivity contribution < 1.29 is 33.5 Å². The molecule has 2 amide bonds. The molecule has 0 saturated heterocycles. The summed E-state index contributed by atoms with van der Waals surface area (Å²) in [5, 5.41) is 11.0. The molecule has 3 aromatic rings. The van der Waals surface area contributed by atoms with Crippen LogP contribution in [0.2, 0.25) is 0 Å². The van der Waals surface area contributed by atoms with Crippen molar-refractivity contribution in [1.29, 1.82) is 0 Å². The summed E-state index contributed by atoms with van der Waals surface area (Å²) >= 11 is 0. The number of unbranched alkanes of at least 4 members (excludes halogenated alkanes) is 1. The number of amides is 2. The quantitative estimate of drug-likeness (QED) is 0.0963. The van der Waals surface area contributed by atoms with Crippen molar-refractivity contribution in [1.82, 2.24) is 4.90 Å². The Morgan fingerprint density at radius 1 is 0.929 bits per heavy atom. The summed E-state index contributed by atoms with van der Waals surface area (Å²) in [7, 11) is 0. The van der Waals surface area contributed by atoms with Crippen molar-refractivity contribution in [3.63, 3.8) is 0 Å². The van der Waals surface area contributed by atoms with Crippen LogP contribution in [0, 0.1) is 10.1 Å². The largest absolute Gasteiger partial charge is 0.460 e. The van der Waals surface area contributed by atoms with E-state index in [9.17, 15) is 24.5 Å². The van der Waals surface area contributed by atoms with Crippen LogP contribution < -0.4 is 10.5 Å². The summed E-state index contributed by atoms with van der Waals surface area (Å²) in [6.07, 6.45) is 0.0456. The standard InChI is InChI=1S/C31H31N3O8/c1-2-19-40-29(35)28(13-7-8-18-32)33(31(37)42-22-16-14-21(15-17-22)34(38)39)30(36)41-20-27-25-11-5-3-9-23(25)24-10-4-6-12-26(24)27/h2-6,9-12,14-17,27-28H,1,7-8,13,18-20,32H2/t28-/m1/s1. The lowest BCUT2D eigenvalue weighted by molar-refractivity contribution is -0.384. The summed E-state index contributed by atoms with van der Waals surface area (Å²) in [5.41, 5.74) is 9.40. The molecule has 0 unspecified atom stereocenters. The fraction of sp³-hybridized carbons (Fsp3) is 0.258. The highest BCUT2D eigenvalue weighted by molar-refractivity contribution is 5.94. The van der Waals surface area contributed by atoms with Crippen molar-refractivity contribution in [2.24, 2.45) is 5.73 Å². The van der Waals surface area contributed by atoms with Gasteiger partial charge in [0.2, 0.25) is 0 Å². The molecule has 3 aromatic carbocycles. The van der Waals surface area contributed by atoms with E-state index < -0.39 is 29.1 Å². The number of non-ortho nitro benzene ring substituents is 1. The molecular formula is C31H31N3O8. The molecule has 1 aliphatic rings. The molecule has 0 fully saturated rings. The van der Waals surface area contributed by atoms with Gasteiger partial charge >= 0.3 is 18.2 Å². The van der Waals surface area contributed by atoms with Crippen LogP contribution in [-0.4, -0.2) is 53.8 Å². The minimum absolute atomic E-state index is 0.0483. The fourth-order valence-electron chi connectivity index (χ4n) is 4.85. The predicted molar refractivity (Wildman–Crippen MR) is 154 cm³/mol. The number of nitrogens with zero attached hydrogens (tertiary/aromatic N) is 2. The molecular weight excluding hydrogens is 542 g/mol. The minimum atomic E-state index is -1.38. The number of ether oxygens (including phenoxy) is 3. The third kappa shape index (κ3) is 6.81. The van der Waals surface area contributed by atoms with Gasteiger partial charge in [-0.1, -0.05) is 61.2 Å². The molecule has 1 aliphatic carbocycles. The summed E-state index contributed by atoms with van der Waals surface area (Å²) in [6.45, 7) is 3.63. The van der Waals surface area contributed by atoms with Gasteiger partial charge in [0, 0.05) is 18.1 Å². The van der Waals surface area contributed by atoms with E-state index in [1.807, 2.05) is 48.5 Å². The first-order valence-corrected chi connectivity index (χ1v) is 13.4. The Morgan fingerprint density at radius 2 is 1.55 bits per heavy atom. The van der Waals surface area contributed by atoms with Crippen LogP contribution in [0.3, 0.4) is 0 Å². The van der Waals surface area contributed by atoms with Gasteiger partial charge in [-0.15, -0.1) is 0 Å². The number of nitrogens with two attached hydrogens (primary N) is 1. The Morgan fingerprint density at radius 3 is 2.12 bits per heavy atom. The van der Waals surface area contributed by atoms with E-state index >= 15 is 0 Å². The first kappa shape index (κ1) is 29.9. The minimum Gasteiger partial charge on any atom is -0.460 e. The number of nitro benzene ring substituents is 1. The lowest BCUT2D eigenvalue weighted by atomic mass is 9.98. The van der Waals surface area contributed by atoms with Crippen molar-refractivity contribution in [2.45, 2.75) is 31.2 Å². The SMILES string of the molecule is C=CCOC(=O)[C@@H](CCCCN)N(C(=O)OCC1c2ccccc2-c2ccccc21)C(=O)Oc1ccc([N+](=O)[O-])cc1. The van der Waals surface area contributed by atoms with Gasteiger partial charge in [-0.2, -0.15) is 4.90 Å². The second-order valence-corrected chi connectivity index (χ2v) is 9.51. The molecule has 0 heterocycles. The Labute approximate surface area is 242 Å². The van der Waals surface area contributed by atoms with Gasteiger partial charge in [-0.3, -0.25) is 10.1 Å². The second-order valence-electron chi connectivity index (χ2n) is 9.51. The van der Waals surface area contributed by atoms with Gasteiger partial charge in [0.25, 0.3) is 5.69 Å². The van der Waals surface area contributed by atoms with E-state index in [4.69, 9.17) is 19.9 Å². The van der Waals surface area contributed by atoms with E-state index in [1.165, 1.54) is 18.2 Å². The smallest absolute Gasteiger partial charge is 0.425 e. The number of carbonyl (C=O) groups is 3. The molecule has 4 rings (SSSR count). The highest BCUT2D eigenvalue weighted by Crippen LogP contribution is 2.44. The Balaban J connectivity index is 1.61. The number of imide groups is 1. The number of fused-ring (bicyclic) bond motifs is 3. The van der Waals surface area contributed by atoms with Gasteiger partial charge in [0.15, 0.2) is 0 Å². The number of hydrogen-bond donors (Lipinski definition) is 1. The molecule has 42 heavy (non-hydrogen) atoms. The van der Waals surface area contributed by atoms with Crippen LogP contribution in [0.15, 0.2) is 85.5 Å². The number of rotatable bonds is 12. The lowest BCUT2D eigenvalue weighted by Gasteiger charge is -2.27. The summed E-state index contributed by atoms with van der Waals surface area (Å²) in [4.78, 5) is 51.1. The van der Waals surface area contributed by atoms with Gasteiger partial charge in [0.05, 0.1) is 4.92 Å². The Hall–Kier alpha value is -5.03. The zero-order valence-electron chi connectivity index (χ0n) is 22.8. The first-order valence-electron chi connectivity index (χ1n) is 13.4. The fourth-order valence-corrected chi connectivity index (χ4v) is 4.85. The van der Waals surface area contributed by atoms with E-state index in [0.717, 1.165) is 34.4 Å². The second kappa shape index (κ2) is 14.0. The van der Waals surface area contributed by atoms with Crippen molar-refractivity contribution >= 4 is 23.8 Å². The van der Waals surface area contributed by atoms with E-state index in [1.54, 1.807) is 0 Å². The first-order chi connectivity index (χ1) is 20.3. The van der Waals surface area contributed by atoms with Gasteiger partial charge < -0.3 is 19.9 Å². The molecule has 1 atom stereocenters. The van der Waals surface area contributed by atoms with E-state index in [2.05, 4.69) is 6.58 Å². The van der Waals surface area contributed by atoms with Gasteiger partial charge in [-0.25, -0.2) is 14.4 Å². The summed E-state index contributed by atoms with van der Waals surface area (Å²) in [6, 6.07) is 18.9. The Kier molecular flexibility index (Phi) is 10.0. The maximum absolute atomic E-state index is 13.6. The maximum atomic E-state index is 13.6. The number of hydrogen-bond acceptors (Lipinski definition) is 9. The molecule has 0 saturated carbocycles. The maximum Gasteiger partial charge on any atom is 0.425 e. The Bertz CT molecular complexity index is 1410. The normalized spacial score (nSPS) is 12.4. The molecule has 0 bridgehead atoms. The van der Waals surface area contributed by atoms with Crippen molar-refractivity contribution in [3.05, 3.63) is 107 Å². The predicted octanol–water partition coefficient (Wildman–Crippen LogP) is 5.57. The monoisotopic (exact) mass is 573 g/mol. The van der Waals surface area contributed by atoms with Gasteiger partial charge in [0.1, 0.15) is 25.0 Å². The van der Waals surface area contributed by atoms with E-state index in [-0.39, 0.29) is 37.0 Å². The van der Waals surface area contributed by atoms with Crippen LogP contribution in [-0.2, 0) is 14.3 Å². The highest BCUT2D eigenvalue weighted by Gasteiger charge is 2.39. The number of carbonyl (C=O) groups excluding carboxylic acids is 3. The van der Waals surface area contributed by atoms with Crippen LogP contribution in [0.1, 0.15) is 36.3 Å². The number of esters is 1. The molecule has 0 aromatic heterocycles. The zero-order valence-corrected chi connectivity index (χ0v) is 22.8. The number of benzene rings is 3. The molecule has 0 aliphatic heterocycles. The average molecular weight is 574 g/mol. The third-order valence-corrected chi connectivity index (χ3v) is 6.84. The third-order valence-electron chi connectivity index (χ3n) is 6.84. The van der Waals surface area contributed by atoms with Gasteiger partial charge in [-0.05, 0) is 60.2 Å². The topological polar surface area (TPSA) is 151 Å². The lowest BCUT2D eigenvalue weighted by Crippen LogP contribution is -2.51. The molecule has 0 spiro atoms. The van der Waals surface area contributed by atoms with Crippen LogP contribution >= 0.6 is 0 Å².